The molecular weight excluding hydrogens is 1040 g/mol. The maximum atomic E-state index is 12.9. The third kappa shape index (κ3) is 53.4. The van der Waals surface area contributed by atoms with Crippen LogP contribution in [0.2, 0.25) is 0 Å². The molecule has 78 heavy (non-hydrogen) atoms. The van der Waals surface area contributed by atoms with Crippen LogP contribution >= 0.6 is 15.6 Å². The molecule has 0 aromatic carbocycles. The second kappa shape index (κ2) is 53.1. The standard InChI is InChI=1S/C59H114O17P2/c1-6-9-12-15-18-22-28-33-38-43-57(62)70-49-55(76-59(64)45-40-35-30-25-21-24-26-31-36-41-52(4)5)51-74-78(67,68)72-47-53(60)46-71-77(65,66)73-50-54(48-69-56(61)42-37-32-27-20-17-14-11-8-3)75-58(63)44-39-34-29-23-19-16-13-10-7-2/h52-55,60H,6-51H2,1-5H3,(H,65,66)(H,67,68)/t53-,54+,55+/m0/s1. The molecule has 462 valence electrons. The molecular formula is C59H114O17P2. The second-order valence-electron chi connectivity index (χ2n) is 21.9. The Morgan fingerprint density at radius 3 is 0.872 bits per heavy atom. The average molecular weight is 1160 g/mol. The number of aliphatic hydroxyl groups excluding tert-OH is 1. The largest absolute Gasteiger partial charge is 0.472 e. The van der Waals surface area contributed by atoms with E-state index in [0.717, 1.165) is 102 Å². The van der Waals surface area contributed by atoms with Crippen LogP contribution in [-0.4, -0.2) is 96.7 Å². The van der Waals surface area contributed by atoms with Crippen molar-refractivity contribution in [2.24, 2.45) is 5.92 Å². The number of unbranched alkanes of at least 4 members (excludes halogenated alkanes) is 31. The Labute approximate surface area is 473 Å². The van der Waals surface area contributed by atoms with Gasteiger partial charge in [-0.1, -0.05) is 240 Å². The first-order valence-electron chi connectivity index (χ1n) is 31.1. The summed E-state index contributed by atoms with van der Waals surface area (Å²) in [6, 6.07) is 0. The minimum Gasteiger partial charge on any atom is -0.462 e. The van der Waals surface area contributed by atoms with Crippen LogP contribution in [0.4, 0.5) is 0 Å². The first-order chi connectivity index (χ1) is 37.5. The van der Waals surface area contributed by atoms with E-state index in [0.29, 0.717) is 25.7 Å². The van der Waals surface area contributed by atoms with Crippen molar-refractivity contribution < 1.29 is 80.2 Å². The zero-order valence-electron chi connectivity index (χ0n) is 49.8. The van der Waals surface area contributed by atoms with E-state index in [-0.39, 0.29) is 25.7 Å². The van der Waals surface area contributed by atoms with E-state index in [9.17, 15) is 43.2 Å². The van der Waals surface area contributed by atoms with E-state index in [2.05, 4.69) is 34.6 Å². The number of carbonyl (C=O) groups is 4. The first kappa shape index (κ1) is 76.1. The van der Waals surface area contributed by atoms with Crippen LogP contribution in [0.25, 0.3) is 0 Å². The Balaban J connectivity index is 5.21. The molecule has 17 nitrogen and oxygen atoms in total. The van der Waals surface area contributed by atoms with Crippen molar-refractivity contribution in [3.8, 4) is 0 Å². The minimum absolute atomic E-state index is 0.105. The Morgan fingerprint density at radius 2 is 0.590 bits per heavy atom. The molecule has 0 spiro atoms. The summed E-state index contributed by atoms with van der Waals surface area (Å²) in [6.07, 6.45) is 34.9. The van der Waals surface area contributed by atoms with Crippen LogP contribution in [0, 0.1) is 5.92 Å². The van der Waals surface area contributed by atoms with Crippen molar-refractivity contribution in [2.75, 3.05) is 39.6 Å². The summed E-state index contributed by atoms with van der Waals surface area (Å²) < 4.78 is 67.7. The highest BCUT2D eigenvalue weighted by Crippen LogP contribution is 2.45. The van der Waals surface area contributed by atoms with E-state index in [1.165, 1.54) is 109 Å². The van der Waals surface area contributed by atoms with Crippen LogP contribution in [0.3, 0.4) is 0 Å². The third-order valence-electron chi connectivity index (χ3n) is 13.5. The number of esters is 4. The second-order valence-corrected chi connectivity index (χ2v) is 24.8. The van der Waals surface area contributed by atoms with Gasteiger partial charge in [0.05, 0.1) is 26.4 Å². The van der Waals surface area contributed by atoms with Gasteiger partial charge in [0, 0.05) is 25.7 Å². The fourth-order valence-electron chi connectivity index (χ4n) is 8.70. The van der Waals surface area contributed by atoms with Crippen molar-refractivity contribution in [1.82, 2.24) is 0 Å². The van der Waals surface area contributed by atoms with Crippen molar-refractivity contribution in [1.29, 1.82) is 0 Å². The zero-order valence-corrected chi connectivity index (χ0v) is 51.6. The van der Waals surface area contributed by atoms with Crippen molar-refractivity contribution >= 4 is 39.5 Å². The third-order valence-corrected chi connectivity index (χ3v) is 15.4. The molecule has 0 aliphatic heterocycles. The van der Waals surface area contributed by atoms with E-state index >= 15 is 0 Å². The highest BCUT2D eigenvalue weighted by atomic mass is 31.2. The molecule has 0 fully saturated rings. The predicted molar refractivity (Wildman–Crippen MR) is 308 cm³/mol. The summed E-state index contributed by atoms with van der Waals surface area (Å²) in [7, 11) is -9.87. The maximum Gasteiger partial charge on any atom is 0.472 e. The Bertz CT molecular complexity index is 1530. The molecule has 2 unspecified atom stereocenters. The first-order valence-corrected chi connectivity index (χ1v) is 34.1. The van der Waals surface area contributed by atoms with Crippen LogP contribution in [0.15, 0.2) is 0 Å². The Kier molecular flexibility index (Phi) is 51.8. The van der Waals surface area contributed by atoms with E-state index in [1.807, 2.05) is 0 Å². The lowest BCUT2D eigenvalue weighted by Gasteiger charge is -2.21. The van der Waals surface area contributed by atoms with Gasteiger partial charge < -0.3 is 33.8 Å². The summed E-state index contributed by atoms with van der Waals surface area (Å²) in [4.78, 5) is 71.8. The summed E-state index contributed by atoms with van der Waals surface area (Å²) in [6.45, 7) is 7.07. The van der Waals surface area contributed by atoms with Gasteiger partial charge in [0.1, 0.15) is 19.3 Å². The lowest BCUT2D eigenvalue weighted by atomic mass is 10.0. The number of hydrogen-bond acceptors (Lipinski definition) is 15. The van der Waals surface area contributed by atoms with Crippen LogP contribution in [-0.2, 0) is 65.4 Å². The molecule has 0 bridgehead atoms. The molecule has 0 aliphatic rings. The number of rotatable bonds is 59. The summed E-state index contributed by atoms with van der Waals surface area (Å²) in [5.74, 6) is -1.41. The van der Waals surface area contributed by atoms with Gasteiger partial charge in [-0.2, -0.15) is 0 Å². The van der Waals surface area contributed by atoms with Crippen molar-refractivity contribution in [2.45, 2.75) is 310 Å². The minimum atomic E-state index is -4.94. The number of phosphoric ester groups is 2. The number of carbonyl (C=O) groups excluding carboxylic acids is 4. The maximum absolute atomic E-state index is 12.9. The molecule has 5 atom stereocenters. The zero-order chi connectivity index (χ0) is 57.8. The topological polar surface area (TPSA) is 237 Å². The Hall–Kier alpha value is -1.94. The number of hydrogen-bond donors (Lipinski definition) is 3. The average Bonchev–Trinajstić information content (AvgIpc) is 3.40. The lowest BCUT2D eigenvalue weighted by Crippen LogP contribution is -2.30. The van der Waals surface area contributed by atoms with Gasteiger partial charge in [0.15, 0.2) is 12.2 Å². The van der Waals surface area contributed by atoms with Gasteiger partial charge in [-0.05, 0) is 31.6 Å². The quantitative estimate of drug-likeness (QED) is 0.0222. The van der Waals surface area contributed by atoms with E-state index < -0.39 is 97.5 Å². The molecule has 0 saturated carbocycles. The molecule has 0 rings (SSSR count). The smallest absolute Gasteiger partial charge is 0.462 e. The predicted octanol–water partition coefficient (Wildman–Crippen LogP) is 15.8. The van der Waals surface area contributed by atoms with E-state index in [1.54, 1.807) is 0 Å². The normalized spacial score (nSPS) is 14.4. The molecule has 0 heterocycles. The fourth-order valence-corrected chi connectivity index (χ4v) is 10.3. The lowest BCUT2D eigenvalue weighted by molar-refractivity contribution is -0.161. The monoisotopic (exact) mass is 1160 g/mol. The van der Waals surface area contributed by atoms with Crippen LogP contribution in [0.5, 0.6) is 0 Å². The van der Waals surface area contributed by atoms with Gasteiger partial charge in [-0.25, -0.2) is 9.13 Å². The number of ether oxygens (including phenoxy) is 4. The van der Waals surface area contributed by atoms with Gasteiger partial charge in [0.25, 0.3) is 0 Å². The number of phosphoric acid groups is 2. The van der Waals surface area contributed by atoms with Gasteiger partial charge >= 0.3 is 39.5 Å². The molecule has 0 radical (unpaired) electrons. The molecule has 0 aliphatic carbocycles. The summed E-state index contributed by atoms with van der Waals surface area (Å²) in [5.41, 5.74) is 0. The van der Waals surface area contributed by atoms with E-state index in [4.69, 9.17) is 37.0 Å². The molecule has 0 saturated heterocycles. The highest BCUT2D eigenvalue weighted by Gasteiger charge is 2.30. The fraction of sp³-hybridized carbons (Fsp3) is 0.932. The van der Waals surface area contributed by atoms with Crippen LogP contribution in [0.1, 0.15) is 291 Å². The summed E-state index contributed by atoms with van der Waals surface area (Å²) in [5, 5.41) is 10.5. The number of aliphatic hydroxyl groups is 1. The molecule has 19 heteroatoms. The van der Waals surface area contributed by atoms with Crippen molar-refractivity contribution in [3.05, 3.63) is 0 Å². The summed E-state index contributed by atoms with van der Waals surface area (Å²) >= 11 is 0. The van der Waals surface area contributed by atoms with Gasteiger partial charge in [-0.15, -0.1) is 0 Å². The van der Waals surface area contributed by atoms with Crippen molar-refractivity contribution in [3.63, 3.8) is 0 Å². The van der Waals surface area contributed by atoms with Gasteiger partial charge in [0.2, 0.25) is 0 Å². The molecule has 0 amide bonds. The van der Waals surface area contributed by atoms with Crippen LogP contribution < -0.4 is 0 Å². The highest BCUT2D eigenvalue weighted by molar-refractivity contribution is 7.47. The SMILES string of the molecule is CCCCCCCCCCCC(=O)OC[C@H](COP(=O)(O)OC[C@@H](O)COP(=O)(O)OC[C@@H](COC(=O)CCCCCCCCCC)OC(=O)CCCCCCCCCCC)OC(=O)CCCCCCCCCCCC(C)C. The molecule has 0 aromatic rings. The van der Waals surface area contributed by atoms with Gasteiger partial charge in [-0.3, -0.25) is 37.3 Å². The molecule has 0 aromatic heterocycles. The Morgan fingerprint density at radius 1 is 0.346 bits per heavy atom. The molecule has 3 N–H and O–H groups in total.